The second kappa shape index (κ2) is 12.0. The van der Waals surface area contributed by atoms with Gasteiger partial charge in [-0.15, -0.1) is 0 Å². The van der Waals surface area contributed by atoms with Crippen molar-refractivity contribution in [2.45, 2.75) is 72.8 Å². The Morgan fingerprint density at radius 3 is 2.59 bits per heavy atom. The number of nitrogens with zero attached hydrogens (tertiary/aromatic N) is 3. The Labute approximate surface area is 165 Å². The van der Waals surface area contributed by atoms with Crippen LogP contribution in [0.3, 0.4) is 0 Å². The van der Waals surface area contributed by atoms with Crippen molar-refractivity contribution >= 4 is 5.96 Å². The molecule has 154 valence electrons. The number of hydrogen-bond acceptors (Lipinski definition) is 4. The maximum absolute atomic E-state index is 5.44. The molecule has 2 rings (SSSR count). The number of likely N-dealkylation sites (tertiary alicyclic amines) is 1. The Bertz CT molecular complexity index is 539. The van der Waals surface area contributed by atoms with E-state index >= 15 is 0 Å². The normalized spacial score (nSPS) is 16.7. The van der Waals surface area contributed by atoms with E-state index in [-0.39, 0.29) is 0 Å². The molecule has 27 heavy (non-hydrogen) atoms. The van der Waals surface area contributed by atoms with E-state index in [4.69, 9.17) is 9.52 Å². The second-order valence-corrected chi connectivity index (χ2v) is 7.59. The Kier molecular flexibility index (Phi) is 9.67. The number of unbranched alkanes of at least 4 members (excludes halogenated alkanes) is 1. The van der Waals surface area contributed by atoms with Crippen LogP contribution in [0.15, 0.2) is 9.52 Å². The van der Waals surface area contributed by atoms with E-state index in [9.17, 15) is 0 Å². The largest absolute Gasteiger partial charge is 0.361 e. The number of nitrogens with one attached hydrogen (secondary N) is 2. The SMILES string of the molecule is CCNC(=NCc1c(CC)noc1CC)NCCCCN1CCC(C)CC1. The quantitative estimate of drug-likeness (QED) is 0.372. The molecule has 0 amide bonds. The van der Waals surface area contributed by atoms with Gasteiger partial charge in [0.2, 0.25) is 0 Å². The fourth-order valence-corrected chi connectivity index (χ4v) is 3.57. The summed E-state index contributed by atoms with van der Waals surface area (Å²) in [5, 5.41) is 11.0. The third-order valence-corrected chi connectivity index (χ3v) is 5.42. The molecule has 1 fully saturated rings. The number of piperidine rings is 1. The molecule has 1 aliphatic heterocycles. The molecule has 0 saturated carbocycles. The molecule has 1 aromatic rings. The zero-order valence-electron chi connectivity index (χ0n) is 17.8. The highest BCUT2D eigenvalue weighted by Gasteiger charge is 2.15. The predicted molar refractivity (Wildman–Crippen MR) is 112 cm³/mol. The monoisotopic (exact) mass is 377 g/mol. The van der Waals surface area contributed by atoms with Crippen molar-refractivity contribution in [2.75, 3.05) is 32.7 Å². The number of aromatic nitrogens is 1. The first-order chi connectivity index (χ1) is 13.2. The van der Waals surface area contributed by atoms with Gasteiger partial charge in [0.1, 0.15) is 5.76 Å². The fourth-order valence-electron chi connectivity index (χ4n) is 3.57. The molecule has 2 heterocycles. The summed E-state index contributed by atoms with van der Waals surface area (Å²) in [7, 11) is 0. The molecule has 0 bridgehead atoms. The van der Waals surface area contributed by atoms with E-state index in [2.05, 4.69) is 48.4 Å². The van der Waals surface area contributed by atoms with E-state index in [1.807, 2.05) is 0 Å². The average molecular weight is 378 g/mol. The summed E-state index contributed by atoms with van der Waals surface area (Å²) in [6.07, 6.45) is 6.87. The lowest BCUT2D eigenvalue weighted by molar-refractivity contribution is 0.189. The maximum atomic E-state index is 5.44. The first-order valence-corrected chi connectivity index (χ1v) is 10.9. The van der Waals surface area contributed by atoms with Gasteiger partial charge >= 0.3 is 0 Å². The topological polar surface area (TPSA) is 65.7 Å². The van der Waals surface area contributed by atoms with Gasteiger partial charge in [-0.3, -0.25) is 0 Å². The van der Waals surface area contributed by atoms with E-state index in [1.54, 1.807) is 0 Å². The summed E-state index contributed by atoms with van der Waals surface area (Å²) < 4.78 is 5.44. The van der Waals surface area contributed by atoms with Crippen molar-refractivity contribution in [3.63, 3.8) is 0 Å². The second-order valence-electron chi connectivity index (χ2n) is 7.59. The van der Waals surface area contributed by atoms with Crippen LogP contribution in [0.2, 0.25) is 0 Å². The smallest absolute Gasteiger partial charge is 0.191 e. The summed E-state index contributed by atoms with van der Waals surface area (Å²) >= 11 is 0. The van der Waals surface area contributed by atoms with Crippen molar-refractivity contribution in [3.8, 4) is 0 Å². The molecule has 0 atom stereocenters. The lowest BCUT2D eigenvalue weighted by atomic mass is 9.99. The summed E-state index contributed by atoms with van der Waals surface area (Å²) in [6, 6.07) is 0. The van der Waals surface area contributed by atoms with Crippen molar-refractivity contribution in [1.82, 2.24) is 20.7 Å². The minimum atomic E-state index is 0.622. The lowest BCUT2D eigenvalue weighted by Crippen LogP contribution is -2.38. The molecule has 0 unspecified atom stereocenters. The first-order valence-electron chi connectivity index (χ1n) is 10.9. The zero-order chi connectivity index (χ0) is 19.5. The molecule has 6 heteroatoms. The van der Waals surface area contributed by atoms with Gasteiger partial charge in [0.15, 0.2) is 5.96 Å². The summed E-state index contributed by atoms with van der Waals surface area (Å²) in [5.74, 6) is 2.76. The lowest BCUT2D eigenvalue weighted by Gasteiger charge is -2.30. The number of hydrogen-bond donors (Lipinski definition) is 2. The van der Waals surface area contributed by atoms with E-state index in [0.29, 0.717) is 6.54 Å². The van der Waals surface area contributed by atoms with Gasteiger partial charge in [-0.25, -0.2) is 4.99 Å². The van der Waals surface area contributed by atoms with E-state index in [0.717, 1.165) is 54.8 Å². The minimum absolute atomic E-state index is 0.622. The molecule has 1 aliphatic rings. The van der Waals surface area contributed by atoms with Crippen LogP contribution in [0.5, 0.6) is 0 Å². The number of guanidine groups is 1. The van der Waals surface area contributed by atoms with Gasteiger partial charge in [-0.2, -0.15) is 0 Å². The molecular weight excluding hydrogens is 338 g/mol. The van der Waals surface area contributed by atoms with Crippen LogP contribution in [0.4, 0.5) is 0 Å². The molecule has 0 spiro atoms. The fraction of sp³-hybridized carbons (Fsp3) is 0.810. The Balaban J connectivity index is 1.74. The van der Waals surface area contributed by atoms with Gasteiger partial charge in [0, 0.05) is 25.1 Å². The molecule has 0 radical (unpaired) electrons. The number of aryl methyl sites for hydroxylation is 2. The van der Waals surface area contributed by atoms with Crippen molar-refractivity contribution in [1.29, 1.82) is 0 Å². The predicted octanol–water partition coefficient (Wildman–Crippen LogP) is 3.37. The van der Waals surface area contributed by atoms with Crippen LogP contribution in [0.1, 0.15) is 70.4 Å². The Hall–Kier alpha value is -1.56. The molecular formula is C21H39N5O. The number of aliphatic imine (C=N–C) groups is 1. The van der Waals surface area contributed by atoms with Crippen molar-refractivity contribution < 1.29 is 4.52 Å². The highest BCUT2D eigenvalue weighted by atomic mass is 16.5. The minimum Gasteiger partial charge on any atom is -0.361 e. The standard InChI is InChI=1S/C21H39N5O/c1-5-19-18(20(6-2)27-25-19)16-24-21(22-7-3)23-12-8-9-13-26-14-10-17(4)11-15-26/h17H,5-16H2,1-4H3,(H2,22,23,24). The molecule has 6 nitrogen and oxygen atoms in total. The molecule has 1 saturated heterocycles. The Morgan fingerprint density at radius 2 is 1.93 bits per heavy atom. The third kappa shape index (κ3) is 7.17. The maximum Gasteiger partial charge on any atom is 0.191 e. The van der Waals surface area contributed by atoms with Crippen LogP contribution < -0.4 is 10.6 Å². The van der Waals surface area contributed by atoms with Gasteiger partial charge in [-0.1, -0.05) is 25.9 Å². The Morgan fingerprint density at radius 1 is 1.15 bits per heavy atom. The first kappa shape index (κ1) is 21.7. The van der Waals surface area contributed by atoms with Crippen LogP contribution in [-0.2, 0) is 19.4 Å². The number of rotatable bonds is 10. The van der Waals surface area contributed by atoms with Crippen molar-refractivity contribution in [2.24, 2.45) is 10.9 Å². The molecule has 1 aromatic heterocycles. The van der Waals surface area contributed by atoms with E-state index < -0.39 is 0 Å². The van der Waals surface area contributed by atoms with Crippen LogP contribution in [-0.4, -0.2) is 48.7 Å². The van der Waals surface area contributed by atoms with Gasteiger partial charge in [0.25, 0.3) is 0 Å². The highest BCUT2D eigenvalue weighted by molar-refractivity contribution is 5.79. The summed E-state index contributed by atoms with van der Waals surface area (Å²) in [6.45, 7) is 14.9. The summed E-state index contributed by atoms with van der Waals surface area (Å²) in [4.78, 5) is 7.37. The zero-order valence-corrected chi connectivity index (χ0v) is 17.8. The van der Waals surface area contributed by atoms with Crippen molar-refractivity contribution in [3.05, 3.63) is 17.0 Å². The molecule has 2 N–H and O–H groups in total. The van der Waals surface area contributed by atoms with E-state index in [1.165, 1.54) is 45.3 Å². The van der Waals surface area contributed by atoms with Crippen LogP contribution >= 0.6 is 0 Å². The molecule has 0 aliphatic carbocycles. The van der Waals surface area contributed by atoms with Crippen LogP contribution in [0.25, 0.3) is 0 Å². The van der Waals surface area contributed by atoms with Gasteiger partial charge in [0.05, 0.1) is 12.2 Å². The highest BCUT2D eigenvalue weighted by Crippen LogP contribution is 2.17. The molecule has 0 aromatic carbocycles. The average Bonchev–Trinajstić information content (AvgIpc) is 3.09. The third-order valence-electron chi connectivity index (χ3n) is 5.42. The summed E-state index contributed by atoms with van der Waals surface area (Å²) in [5.41, 5.74) is 2.18. The van der Waals surface area contributed by atoms with Gasteiger partial charge in [-0.05, 0) is 64.6 Å². The van der Waals surface area contributed by atoms with Crippen LogP contribution in [0, 0.1) is 5.92 Å². The van der Waals surface area contributed by atoms with Gasteiger partial charge < -0.3 is 20.1 Å².